The maximum Gasteiger partial charge on any atom is 0.337 e. The van der Waals surface area contributed by atoms with E-state index >= 15 is 0 Å². The first-order chi connectivity index (χ1) is 14.5. The van der Waals surface area contributed by atoms with Crippen LogP contribution in [0.5, 0.6) is 0 Å². The number of carboxylic acid groups (broad SMARTS) is 1. The lowest BCUT2D eigenvalue weighted by molar-refractivity contribution is 0.0698. The van der Waals surface area contributed by atoms with E-state index in [4.69, 9.17) is 5.26 Å². The molecule has 4 rings (SSSR count). The molecule has 150 valence electrons. The van der Waals surface area contributed by atoms with Crippen LogP contribution in [0.4, 0.5) is 16.3 Å². The van der Waals surface area contributed by atoms with E-state index in [1.54, 1.807) is 47.5 Å². The standard InChI is InChI=1S/C21H18N6O3/c22-12-14-5-6-17-18(11-14)23-13-19(24-17)26-7-9-27(10-8-26)21(30)25-16-4-2-1-3-15(16)20(28)29/h1-6,11,13H,7-10H2,(H,25,30)(H,28,29). The highest BCUT2D eigenvalue weighted by atomic mass is 16.4. The number of amides is 2. The van der Waals surface area contributed by atoms with E-state index in [1.807, 2.05) is 4.90 Å². The Kier molecular flexibility index (Phi) is 5.13. The van der Waals surface area contributed by atoms with Crippen LogP contribution in [0.25, 0.3) is 11.0 Å². The number of para-hydroxylation sites is 1. The molecule has 1 saturated heterocycles. The number of aromatic carboxylic acids is 1. The normalized spacial score (nSPS) is 13.7. The SMILES string of the molecule is N#Cc1ccc2nc(N3CCN(C(=O)Nc4ccccc4C(=O)O)CC3)cnc2c1. The minimum Gasteiger partial charge on any atom is -0.478 e. The minimum atomic E-state index is -1.09. The van der Waals surface area contributed by atoms with E-state index in [9.17, 15) is 14.7 Å². The predicted molar refractivity (Wildman–Crippen MR) is 110 cm³/mol. The number of anilines is 2. The van der Waals surface area contributed by atoms with E-state index in [0.717, 1.165) is 0 Å². The second kappa shape index (κ2) is 8.05. The average molecular weight is 402 g/mol. The van der Waals surface area contributed by atoms with Gasteiger partial charge in [0.1, 0.15) is 5.82 Å². The van der Waals surface area contributed by atoms with Gasteiger partial charge in [0.25, 0.3) is 0 Å². The maximum atomic E-state index is 12.6. The molecule has 0 radical (unpaired) electrons. The van der Waals surface area contributed by atoms with Crippen LogP contribution in [-0.4, -0.2) is 58.2 Å². The number of urea groups is 1. The number of carbonyl (C=O) groups is 2. The molecule has 0 aliphatic carbocycles. The summed E-state index contributed by atoms with van der Waals surface area (Å²) in [6, 6.07) is 13.2. The van der Waals surface area contributed by atoms with Crippen LogP contribution in [0.2, 0.25) is 0 Å². The van der Waals surface area contributed by atoms with Crippen molar-refractivity contribution in [2.75, 3.05) is 36.4 Å². The lowest BCUT2D eigenvalue weighted by atomic mass is 10.2. The Bertz CT molecular complexity index is 1160. The molecule has 30 heavy (non-hydrogen) atoms. The molecule has 0 unspecified atom stereocenters. The molecule has 1 aromatic heterocycles. The van der Waals surface area contributed by atoms with Gasteiger partial charge in [-0.2, -0.15) is 5.26 Å². The van der Waals surface area contributed by atoms with Crippen molar-refractivity contribution in [2.24, 2.45) is 0 Å². The van der Waals surface area contributed by atoms with Crippen molar-refractivity contribution in [3.05, 3.63) is 59.8 Å². The lowest BCUT2D eigenvalue weighted by Gasteiger charge is -2.35. The van der Waals surface area contributed by atoms with Crippen molar-refractivity contribution in [2.45, 2.75) is 0 Å². The topological polar surface area (TPSA) is 122 Å². The Morgan fingerprint density at radius 3 is 2.57 bits per heavy atom. The summed E-state index contributed by atoms with van der Waals surface area (Å²) in [5.74, 6) is -0.379. The fourth-order valence-corrected chi connectivity index (χ4v) is 3.33. The van der Waals surface area contributed by atoms with Crippen LogP contribution in [0, 0.1) is 11.3 Å². The molecule has 0 bridgehead atoms. The van der Waals surface area contributed by atoms with Gasteiger partial charge in [-0.1, -0.05) is 12.1 Å². The molecule has 2 heterocycles. The van der Waals surface area contributed by atoms with E-state index in [1.165, 1.54) is 6.07 Å². The van der Waals surface area contributed by atoms with Crippen LogP contribution in [0.15, 0.2) is 48.7 Å². The summed E-state index contributed by atoms with van der Waals surface area (Å²) in [4.78, 5) is 36.6. The molecule has 2 aromatic carbocycles. The number of nitrogens with zero attached hydrogens (tertiary/aromatic N) is 5. The number of carbonyl (C=O) groups excluding carboxylic acids is 1. The smallest absolute Gasteiger partial charge is 0.337 e. The number of fused-ring (bicyclic) bond motifs is 1. The van der Waals surface area contributed by atoms with Crippen molar-refractivity contribution in [3.8, 4) is 6.07 Å². The monoisotopic (exact) mass is 402 g/mol. The molecule has 3 aromatic rings. The number of hydrogen-bond donors (Lipinski definition) is 2. The first-order valence-electron chi connectivity index (χ1n) is 9.35. The van der Waals surface area contributed by atoms with Crippen LogP contribution < -0.4 is 10.2 Å². The molecule has 2 N–H and O–H groups in total. The third-order valence-corrected chi connectivity index (χ3v) is 4.95. The maximum absolute atomic E-state index is 12.6. The Morgan fingerprint density at radius 1 is 1.07 bits per heavy atom. The zero-order valence-corrected chi connectivity index (χ0v) is 15.9. The number of rotatable bonds is 3. The third-order valence-electron chi connectivity index (χ3n) is 4.95. The number of piperazine rings is 1. The first kappa shape index (κ1) is 19.1. The summed E-state index contributed by atoms with van der Waals surface area (Å²) in [6.45, 7) is 2.08. The number of nitriles is 1. The summed E-state index contributed by atoms with van der Waals surface area (Å²) in [5.41, 5.74) is 2.23. The summed E-state index contributed by atoms with van der Waals surface area (Å²) in [7, 11) is 0. The van der Waals surface area contributed by atoms with Crippen LogP contribution in [0.3, 0.4) is 0 Å². The average Bonchev–Trinajstić information content (AvgIpc) is 2.78. The van der Waals surface area contributed by atoms with Gasteiger partial charge in [-0.3, -0.25) is 4.98 Å². The highest BCUT2D eigenvalue weighted by molar-refractivity contribution is 6.00. The summed E-state index contributed by atoms with van der Waals surface area (Å²) >= 11 is 0. The van der Waals surface area contributed by atoms with Gasteiger partial charge >= 0.3 is 12.0 Å². The molecular formula is C21H18N6O3. The van der Waals surface area contributed by atoms with Crippen LogP contribution in [0.1, 0.15) is 15.9 Å². The molecule has 1 fully saturated rings. The van der Waals surface area contributed by atoms with Gasteiger partial charge in [0.05, 0.1) is 40.1 Å². The van der Waals surface area contributed by atoms with Crippen molar-refractivity contribution < 1.29 is 14.7 Å². The van der Waals surface area contributed by atoms with E-state index in [0.29, 0.717) is 48.6 Å². The van der Waals surface area contributed by atoms with E-state index in [-0.39, 0.29) is 17.3 Å². The first-order valence-corrected chi connectivity index (χ1v) is 9.35. The molecular weight excluding hydrogens is 384 g/mol. The van der Waals surface area contributed by atoms with Gasteiger partial charge in [-0.05, 0) is 30.3 Å². The molecule has 0 atom stereocenters. The molecule has 1 aliphatic rings. The summed E-state index contributed by atoms with van der Waals surface area (Å²) in [5, 5.41) is 20.9. The molecule has 0 saturated carbocycles. The molecule has 1 aliphatic heterocycles. The molecule has 0 spiro atoms. The Morgan fingerprint density at radius 2 is 1.83 bits per heavy atom. The van der Waals surface area contributed by atoms with Gasteiger partial charge in [0.15, 0.2) is 0 Å². The number of carboxylic acids is 1. The number of aromatic nitrogens is 2. The van der Waals surface area contributed by atoms with Gasteiger partial charge < -0.3 is 20.2 Å². The summed E-state index contributed by atoms with van der Waals surface area (Å²) < 4.78 is 0. The summed E-state index contributed by atoms with van der Waals surface area (Å²) in [6.07, 6.45) is 1.67. The van der Waals surface area contributed by atoms with Crippen molar-refractivity contribution >= 4 is 34.5 Å². The number of benzene rings is 2. The minimum absolute atomic E-state index is 0.0514. The van der Waals surface area contributed by atoms with Crippen molar-refractivity contribution in [1.29, 1.82) is 5.26 Å². The van der Waals surface area contributed by atoms with Gasteiger partial charge in [-0.25, -0.2) is 14.6 Å². The van der Waals surface area contributed by atoms with Crippen LogP contribution in [-0.2, 0) is 0 Å². The van der Waals surface area contributed by atoms with Gasteiger partial charge in [0.2, 0.25) is 0 Å². The molecule has 9 nitrogen and oxygen atoms in total. The highest BCUT2D eigenvalue weighted by Crippen LogP contribution is 2.19. The zero-order chi connectivity index (χ0) is 21.1. The third kappa shape index (κ3) is 3.84. The van der Waals surface area contributed by atoms with Crippen LogP contribution >= 0.6 is 0 Å². The van der Waals surface area contributed by atoms with E-state index < -0.39 is 5.97 Å². The molecule has 9 heteroatoms. The number of nitrogens with one attached hydrogen (secondary N) is 1. The van der Waals surface area contributed by atoms with Crippen molar-refractivity contribution in [1.82, 2.24) is 14.9 Å². The number of hydrogen-bond acceptors (Lipinski definition) is 6. The molecule has 2 amide bonds. The fourth-order valence-electron chi connectivity index (χ4n) is 3.33. The second-order valence-corrected chi connectivity index (χ2v) is 6.80. The van der Waals surface area contributed by atoms with Crippen molar-refractivity contribution in [3.63, 3.8) is 0 Å². The van der Waals surface area contributed by atoms with Gasteiger partial charge in [0, 0.05) is 26.2 Å². The van der Waals surface area contributed by atoms with E-state index in [2.05, 4.69) is 21.4 Å². The quantitative estimate of drug-likeness (QED) is 0.690. The highest BCUT2D eigenvalue weighted by Gasteiger charge is 2.23. The zero-order valence-electron chi connectivity index (χ0n) is 15.9. The Hall–Kier alpha value is -4.19. The predicted octanol–water partition coefficient (Wildman–Crippen LogP) is 2.55. The Balaban J connectivity index is 1.41. The van der Waals surface area contributed by atoms with Gasteiger partial charge in [-0.15, -0.1) is 0 Å². The second-order valence-electron chi connectivity index (χ2n) is 6.80. The largest absolute Gasteiger partial charge is 0.478 e. The Labute approximate surface area is 172 Å². The fraction of sp³-hybridized carbons (Fsp3) is 0.190. The lowest BCUT2D eigenvalue weighted by Crippen LogP contribution is -2.50.